The zero-order chi connectivity index (χ0) is 18.7. The van der Waals surface area contributed by atoms with Crippen molar-refractivity contribution in [3.63, 3.8) is 0 Å². The quantitative estimate of drug-likeness (QED) is 0.774. The standard InChI is InChI=1S/C22H22N2O2/c1-15-6-4-9-18(12-15)13-24-14-19(10-11-20(24)25)22(26)23-21-16(2)7-5-8-17(21)3/h4-12,14H,13H2,1-3H3,(H,23,26). The van der Waals surface area contributed by atoms with Crippen molar-refractivity contribution < 1.29 is 4.79 Å². The molecule has 1 N–H and O–H groups in total. The van der Waals surface area contributed by atoms with E-state index in [2.05, 4.69) is 5.32 Å². The van der Waals surface area contributed by atoms with Gasteiger partial charge in [-0.05, 0) is 43.5 Å². The van der Waals surface area contributed by atoms with Crippen LogP contribution in [0.5, 0.6) is 0 Å². The Balaban J connectivity index is 1.87. The van der Waals surface area contributed by atoms with E-state index in [1.807, 2.05) is 63.2 Å². The van der Waals surface area contributed by atoms with Crippen molar-refractivity contribution in [2.45, 2.75) is 27.3 Å². The van der Waals surface area contributed by atoms with Gasteiger partial charge in [0.1, 0.15) is 0 Å². The smallest absolute Gasteiger partial charge is 0.257 e. The summed E-state index contributed by atoms with van der Waals surface area (Å²) >= 11 is 0. The number of carbonyl (C=O) groups is 1. The number of pyridine rings is 1. The lowest BCUT2D eigenvalue weighted by molar-refractivity contribution is 0.102. The number of benzene rings is 2. The second-order valence-electron chi connectivity index (χ2n) is 6.59. The summed E-state index contributed by atoms with van der Waals surface area (Å²) in [7, 11) is 0. The van der Waals surface area contributed by atoms with E-state index < -0.39 is 0 Å². The van der Waals surface area contributed by atoms with Crippen LogP contribution in [-0.2, 0) is 6.54 Å². The summed E-state index contributed by atoms with van der Waals surface area (Å²) in [6.07, 6.45) is 1.62. The van der Waals surface area contributed by atoms with Gasteiger partial charge in [-0.2, -0.15) is 0 Å². The molecule has 1 heterocycles. The Morgan fingerprint density at radius 2 is 1.65 bits per heavy atom. The molecule has 3 rings (SSSR count). The van der Waals surface area contributed by atoms with Gasteiger partial charge in [0, 0.05) is 18.0 Å². The molecule has 0 aliphatic carbocycles. The molecule has 2 aromatic carbocycles. The molecule has 0 bridgehead atoms. The van der Waals surface area contributed by atoms with Crippen LogP contribution in [0.25, 0.3) is 0 Å². The molecule has 1 amide bonds. The van der Waals surface area contributed by atoms with Gasteiger partial charge in [-0.25, -0.2) is 0 Å². The van der Waals surface area contributed by atoms with Gasteiger partial charge in [-0.3, -0.25) is 9.59 Å². The predicted octanol–water partition coefficient (Wildman–Crippen LogP) is 4.07. The monoisotopic (exact) mass is 346 g/mol. The van der Waals surface area contributed by atoms with Crippen LogP contribution in [-0.4, -0.2) is 10.5 Å². The van der Waals surface area contributed by atoms with Crippen molar-refractivity contribution in [3.05, 3.63) is 99.0 Å². The van der Waals surface area contributed by atoms with E-state index in [0.717, 1.165) is 27.9 Å². The first-order valence-electron chi connectivity index (χ1n) is 8.57. The molecule has 0 aliphatic rings. The normalized spacial score (nSPS) is 10.6. The fraction of sp³-hybridized carbons (Fsp3) is 0.182. The van der Waals surface area contributed by atoms with E-state index >= 15 is 0 Å². The van der Waals surface area contributed by atoms with Crippen molar-refractivity contribution in [2.75, 3.05) is 5.32 Å². The summed E-state index contributed by atoms with van der Waals surface area (Å²) in [6, 6.07) is 16.9. The van der Waals surface area contributed by atoms with Crippen LogP contribution in [0.4, 0.5) is 5.69 Å². The first-order valence-corrected chi connectivity index (χ1v) is 8.57. The second kappa shape index (κ2) is 7.40. The Morgan fingerprint density at radius 1 is 0.962 bits per heavy atom. The number of anilines is 1. The first-order chi connectivity index (χ1) is 12.4. The van der Waals surface area contributed by atoms with E-state index in [4.69, 9.17) is 0 Å². The molecule has 0 saturated carbocycles. The van der Waals surface area contributed by atoms with E-state index in [0.29, 0.717) is 12.1 Å². The molecule has 0 spiro atoms. The molecular formula is C22H22N2O2. The Bertz CT molecular complexity index is 998. The molecule has 3 aromatic rings. The third-order valence-electron chi connectivity index (χ3n) is 4.40. The lowest BCUT2D eigenvalue weighted by Gasteiger charge is -2.13. The zero-order valence-corrected chi connectivity index (χ0v) is 15.2. The highest BCUT2D eigenvalue weighted by molar-refractivity contribution is 6.04. The summed E-state index contributed by atoms with van der Waals surface area (Å²) in [5.41, 5.74) is 5.32. The number of rotatable bonds is 4. The van der Waals surface area contributed by atoms with Crippen molar-refractivity contribution in [2.24, 2.45) is 0 Å². The largest absolute Gasteiger partial charge is 0.321 e. The van der Waals surface area contributed by atoms with Crippen LogP contribution < -0.4 is 10.9 Å². The SMILES string of the molecule is Cc1cccc(Cn2cc(C(=O)Nc3c(C)cccc3C)ccc2=O)c1. The molecule has 0 saturated heterocycles. The minimum Gasteiger partial charge on any atom is -0.321 e. The molecule has 0 fully saturated rings. The highest BCUT2D eigenvalue weighted by Crippen LogP contribution is 2.20. The molecular weight excluding hydrogens is 324 g/mol. The Kier molecular flexibility index (Phi) is 5.03. The van der Waals surface area contributed by atoms with Gasteiger partial charge >= 0.3 is 0 Å². The van der Waals surface area contributed by atoms with Gasteiger partial charge in [-0.1, -0.05) is 48.0 Å². The molecule has 4 heteroatoms. The molecule has 132 valence electrons. The number of nitrogens with one attached hydrogen (secondary N) is 1. The summed E-state index contributed by atoms with van der Waals surface area (Å²) in [6.45, 7) is 6.37. The maximum absolute atomic E-state index is 12.7. The second-order valence-corrected chi connectivity index (χ2v) is 6.59. The Morgan fingerprint density at radius 3 is 2.35 bits per heavy atom. The number of aryl methyl sites for hydroxylation is 3. The average molecular weight is 346 g/mol. The third kappa shape index (κ3) is 3.91. The fourth-order valence-electron chi connectivity index (χ4n) is 2.99. The predicted molar refractivity (Wildman–Crippen MR) is 105 cm³/mol. The van der Waals surface area contributed by atoms with Gasteiger partial charge in [0.05, 0.1) is 12.1 Å². The zero-order valence-electron chi connectivity index (χ0n) is 15.2. The van der Waals surface area contributed by atoms with Gasteiger partial charge < -0.3 is 9.88 Å². The summed E-state index contributed by atoms with van der Waals surface area (Å²) < 4.78 is 1.56. The number of hydrogen-bond donors (Lipinski definition) is 1. The number of carbonyl (C=O) groups excluding carboxylic acids is 1. The van der Waals surface area contributed by atoms with Gasteiger partial charge in [0.25, 0.3) is 11.5 Å². The lowest BCUT2D eigenvalue weighted by atomic mass is 10.1. The van der Waals surface area contributed by atoms with Crippen molar-refractivity contribution in [3.8, 4) is 0 Å². The van der Waals surface area contributed by atoms with Crippen LogP contribution in [0.15, 0.2) is 65.6 Å². The molecule has 0 aliphatic heterocycles. The first kappa shape index (κ1) is 17.7. The number of aromatic nitrogens is 1. The van der Waals surface area contributed by atoms with Crippen molar-refractivity contribution in [1.29, 1.82) is 0 Å². The fourth-order valence-corrected chi connectivity index (χ4v) is 2.99. The van der Waals surface area contributed by atoms with Crippen LogP contribution >= 0.6 is 0 Å². The maximum Gasteiger partial charge on any atom is 0.257 e. The minimum atomic E-state index is -0.222. The number of hydrogen-bond acceptors (Lipinski definition) is 2. The molecule has 4 nitrogen and oxygen atoms in total. The van der Waals surface area contributed by atoms with Crippen molar-refractivity contribution in [1.82, 2.24) is 4.57 Å². The third-order valence-corrected chi connectivity index (χ3v) is 4.40. The number of amides is 1. The maximum atomic E-state index is 12.7. The highest BCUT2D eigenvalue weighted by Gasteiger charge is 2.11. The van der Waals surface area contributed by atoms with Crippen LogP contribution in [0, 0.1) is 20.8 Å². The number of para-hydroxylation sites is 1. The lowest BCUT2D eigenvalue weighted by Crippen LogP contribution is -2.23. The average Bonchev–Trinajstić information content (AvgIpc) is 2.60. The van der Waals surface area contributed by atoms with Crippen LogP contribution in [0.3, 0.4) is 0 Å². The molecule has 1 aromatic heterocycles. The molecule has 0 unspecified atom stereocenters. The Labute approximate surface area is 153 Å². The van der Waals surface area contributed by atoms with E-state index in [1.54, 1.807) is 16.8 Å². The molecule has 0 atom stereocenters. The van der Waals surface area contributed by atoms with Crippen molar-refractivity contribution >= 4 is 11.6 Å². The van der Waals surface area contributed by atoms with E-state index in [1.165, 1.54) is 6.07 Å². The minimum absolute atomic E-state index is 0.130. The van der Waals surface area contributed by atoms with Gasteiger partial charge in [0.15, 0.2) is 0 Å². The summed E-state index contributed by atoms with van der Waals surface area (Å²) in [5, 5.41) is 2.96. The highest BCUT2D eigenvalue weighted by atomic mass is 16.2. The van der Waals surface area contributed by atoms with Gasteiger partial charge in [-0.15, -0.1) is 0 Å². The van der Waals surface area contributed by atoms with Crippen LogP contribution in [0.1, 0.15) is 32.6 Å². The van der Waals surface area contributed by atoms with E-state index in [-0.39, 0.29) is 11.5 Å². The topological polar surface area (TPSA) is 51.1 Å². The summed E-state index contributed by atoms with van der Waals surface area (Å²) in [5.74, 6) is -0.222. The van der Waals surface area contributed by atoms with Crippen LogP contribution in [0.2, 0.25) is 0 Å². The molecule has 26 heavy (non-hydrogen) atoms. The number of nitrogens with zero attached hydrogens (tertiary/aromatic N) is 1. The molecule has 0 radical (unpaired) electrons. The van der Waals surface area contributed by atoms with Gasteiger partial charge in [0.2, 0.25) is 0 Å². The van der Waals surface area contributed by atoms with E-state index in [9.17, 15) is 9.59 Å². The Hall–Kier alpha value is -3.14. The summed E-state index contributed by atoms with van der Waals surface area (Å²) in [4.78, 5) is 24.8.